The molecule has 4 nitrogen and oxygen atoms in total. The Bertz CT molecular complexity index is 822. The van der Waals surface area contributed by atoms with Crippen molar-refractivity contribution in [3.8, 4) is 0 Å². The summed E-state index contributed by atoms with van der Waals surface area (Å²) in [6.07, 6.45) is 0. The molecule has 0 aliphatic carbocycles. The first-order valence-electron chi connectivity index (χ1n) is 7.34. The highest BCUT2D eigenvalue weighted by Crippen LogP contribution is 2.25. The zero-order chi connectivity index (χ0) is 15.5. The normalized spacial score (nSPS) is 12.9. The molecule has 0 saturated heterocycles. The van der Waals surface area contributed by atoms with E-state index in [1.165, 1.54) is 5.56 Å². The number of fused-ring (bicyclic) bond motifs is 1. The largest absolute Gasteiger partial charge is 0.233 e. The lowest BCUT2D eigenvalue weighted by molar-refractivity contribution is 0.760. The second-order valence-electron chi connectivity index (χ2n) is 5.41. The van der Waals surface area contributed by atoms with E-state index in [-0.39, 0.29) is 6.04 Å². The molecule has 3 aromatic rings. The maximum atomic E-state index is 4.42. The average molecular weight is 290 g/mol. The van der Waals surface area contributed by atoms with Crippen LogP contribution in [-0.2, 0) is 0 Å². The molecule has 1 unspecified atom stereocenters. The van der Waals surface area contributed by atoms with Gasteiger partial charge in [0.1, 0.15) is 5.82 Å². The van der Waals surface area contributed by atoms with Gasteiger partial charge in [0.25, 0.3) is 0 Å². The Hall–Kier alpha value is -2.62. The van der Waals surface area contributed by atoms with Gasteiger partial charge in [-0.1, -0.05) is 42.0 Å². The third-order valence-electron chi connectivity index (χ3n) is 3.58. The molecule has 0 aliphatic heterocycles. The van der Waals surface area contributed by atoms with Crippen molar-refractivity contribution in [2.24, 2.45) is 10.2 Å². The Kier molecular flexibility index (Phi) is 3.92. The number of aromatic nitrogens is 2. The molecule has 0 spiro atoms. The molecule has 1 heterocycles. The molecular weight excluding hydrogens is 272 g/mol. The highest BCUT2D eigenvalue weighted by atomic mass is 15.2. The van der Waals surface area contributed by atoms with Crippen LogP contribution in [-0.4, -0.2) is 9.97 Å². The van der Waals surface area contributed by atoms with Crippen LogP contribution in [0.4, 0.5) is 5.82 Å². The van der Waals surface area contributed by atoms with Crippen molar-refractivity contribution in [2.45, 2.75) is 26.8 Å². The highest BCUT2D eigenvalue weighted by Gasteiger charge is 2.06. The predicted molar refractivity (Wildman–Crippen MR) is 88.4 cm³/mol. The number of hydrogen-bond donors (Lipinski definition) is 0. The summed E-state index contributed by atoms with van der Waals surface area (Å²) in [5, 5.41) is 9.71. The lowest BCUT2D eigenvalue weighted by atomic mass is 10.1. The predicted octanol–water partition coefficient (Wildman–Crippen LogP) is 5.09. The van der Waals surface area contributed by atoms with Crippen LogP contribution >= 0.6 is 0 Å². The minimum atomic E-state index is -0.00497. The fourth-order valence-electron chi connectivity index (χ4n) is 2.30. The van der Waals surface area contributed by atoms with Crippen molar-refractivity contribution in [3.63, 3.8) is 0 Å². The Balaban J connectivity index is 1.93. The summed E-state index contributed by atoms with van der Waals surface area (Å²) in [5.41, 5.74) is 3.28. The van der Waals surface area contributed by atoms with E-state index in [1.54, 1.807) is 0 Å². The minimum Gasteiger partial charge on any atom is -0.233 e. The van der Waals surface area contributed by atoms with Gasteiger partial charge >= 0.3 is 0 Å². The molecule has 0 radical (unpaired) electrons. The maximum Gasteiger partial charge on any atom is 0.185 e. The first-order chi connectivity index (χ1) is 10.6. The molecular formula is C18H18N4. The van der Waals surface area contributed by atoms with Crippen LogP contribution < -0.4 is 0 Å². The summed E-state index contributed by atoms with van der Waals surface area (Å²) >= 11 is 0. The summed E-state index contributed by atoms with van der Waals surface area (Å²) in [7, 11) is 0. The molecule has 0 aliphatic rings. The summed E-state index contributed by atoms with van der Waals surface area (Å²) in [4.78, 5) is 8.83. The number of aryl methyl sites for hydroxylation is 2. The molecule has 0 saturated carbocycles. The molecule has 0 bridgehead atoms. The van der Waals surface area contributed by atoms with Crippen molar-refractivity contribution in [1.82, 2.24) is 9.97 Å². The van der Waals surface area contributed by atoms with E-state index in [0.29, 0.717) is 11.6 Å². The number of azo groups is 1. The zero-order valence-corrected chi connectivity index (χ0v) is 13.0. The Morgan fingerprint density at radius 1 is 0.909 bits per heavy atom. The van der Waals surface area contributed by atoms with Crippen LogP contribution in [0.15, 0.2) is 58.8 Å². The van der Waals surface area contributed by atoms with Gasteiger partial charge < -0.3 is 0 Å². The van der Waals surface area contributed by atoms with Gasteiger partial charge in [-0.3, -0.25) is 0 Å². The molecule has 1 atom stereocenters. The van der Waals surface area contributed by atoms with Crippen molar-refractivity contribution in [2.75, 3.05) is 0 Å². The SMILES string of the molecule is Cc1ccc(C(C)N=Nc2nc(C)nc3ccccc23)cc1. The zero-order valence-electron chi connectivity index (χ0n) is 13.0. The fourth-order valence-corrected chi connectivity index (χ4v) is 2.30. The van der Waals surface area contributed by atoms with Gasteiger partial charge in [0, 0.05) is 5.39 Å². The first kappa shape index (κ1) is 14.3. The van der Waals surface area contributed by atoms with Gasteiger partial charge in [-0.25, -0.2) is 9.97 Å². The second kappa shape index (κ2) is 6.02. The van der Waals surface area contributed by atoms with Gasteiger partial charge in [0.05, 0.1) is 11.6 Å². The number of benzene rings is 2. The van der Waals surface area contributed by atoms with Gasteiger partial charge in [0.15, 0.2) is 5.82 Å². The average Bonchev–Trinajstić information content (AvgIpc) is 2.52. The van der Waals surface area contributed by atoms with Crippen molar-refractivity contribution in [1.29, 1.82) is 0 Å². The van der Waals surface area contributed by atoms with Gasteiger partial charge in [-0.15, -0.1) is 5.11 Å². The highest BCUT2D eigenvalue weighted by molar-refractivity contribution is 5.87. The maximum absolute atomic E-state index is 4.42. The molecule has 0 amide bonds. The Morgan fingerprint density at radius 2 is 1.64 bits per heavy atom. The first-order valence-corrected chi connectivity index (χ1v) is 7.34. The van der Waals surface area contributed by atoms with E-state index in [4.69, 9.17) is 0 Å². The second-order valence-corrected chi connectivity index (χ2v) is 5.41. The molecule has 2 aromatic carbocycles. The quantitative estimate of drug-likeness (QED) is 0.631. The summed E-state index contributed by atoms with van der Waals surface area (Å²) in [6.45, 7) is 5.98. The summed E-state index contributed by atoms with van der Waals surface area (Å²) < 4.78 is 0. The monoisotopic (exact) mass is 290 g/mol. The molecule has 110 valence electrons. The molecule has 3 rings (SSSR count). The standard InChI is InChI=1S/C18H18N4/c1-12-8-10-15(11-9-12)13(2)21-22-18-16-6-4-5-7-17(16)19-14(3)20-18/h4-11,13H,1-3H3. The molecule has 0 N–H and O–H groups in total. The summed E-state index contributed by atoms with van der Waals surface area (Å²) in [5.74, 6) is 1.33. The van der Waals surface area contributed by atoms with Crippen LogP contribution in [0.3, 0.4) is 0 Å². The summed E-state index contributed by atoms with van der Waals surface area (Å²) in [6, 6.07) is 16.2. The molecule has 22 heavy (non-hydrogen) atoms. The number of rotatable bonds is 3. The van der Waals surface area contributed by atoms with E-state index in [0.717, 1.165) is 16.5 Å². The van der Waals surface area contributed by atoms with Crippen LogP contribution in [0.5, 0.6) is 0 Å². The third-order valence-corrected chi connectivity index (χ3v) is 3.58. The molecule has 1 aromatic heterocycles. The lowest BCUT2D eigenvalue weighted by Crippen LogP contribution is -1.91. The third kappa shape index (κ3) is 3.01. The van der Waals surface area contributed by atoms with E-state index >= 15 is 0 Å². The van der Waals surface area contributed by atoms with Crippen LogP contribution in [0.25, 0.3) is 10.9 Å². The number of hydrogen-bond acceptors (Lipinski definition) is 4. The van der Waals surface area contributed by atoms with Crippen molar-refractivity contribution in [3.05, 3.63) is 65.5 Å². The van der Waals surface area contributed by atoms with E-state index < -0.39 is 0 Å². The minimum absolute atomic E-state index is 0.00497. The number of nitrogens with zero attached hydrogens (tertiary/aromatic N) is 4. The van der Waals surface area contributed by atoms with Gasteiger partial charge in [-0.05, 0) is 38.5 Å². The van der Waals surface area contributed by atoms with Gasteiger partial charge in [0.2, 0.25) is 0 Å². The van der Waals surface area contributed by atoms with Crippen LogP contribution in [0, 0.1) is 13.8 Å². The molecule has 4 heteroatoms. The topological polar surface area (TPSA) is 50.5 Å². The van der Waals surface area contributed by atoms with E-state index in [9.17, 15) is 0 Å². The smallest absolute Gasteiger partial charge is 0.185 e. The fraction of sp³-hybridized carbons (Fsp3) is 0.222. The van der Waals surface area contributed by atoms with Crippen LogP contribution in [0.1, 0.15) is 29.9 Å². The van der Waals surface area contributed by atoms with E-state index in [1.807, 2.05) is 38.1 Å². The Labute approximate surface area is 130 Å². The van der Waals surface area contributed by atoms with Crippen molar-refractivity contribution >= 4 is 16.7 Å². The number of para-hydroxylation sites is 1. The molecule has 0 fully saturated rings. The van der Waals surface area contributed by atoms with E-state index in [2.05, 4.69) is 51.4 Å². The van der Waals surface area contributed by atoms with Gasteiger partial charge in [-0.2, -0.15) is 5.11 Å². The lowest BCUT2D eigenvalue weighted by Gasteiger charge is -2.06. The van der Waals surface area contributed by atoms with Crippen LogP contribution in [0.2, 0.25) is 0 Å². The Morgan fingerprint density at radius 3 is 2.41 bits per heavy atom. The van der Waals surface area contributed by atoms with Crippen molar-refractivity contribution < 1.29 is 0 Å².